The first kappa shape index (κ1) is 13.6. The van der Waals surface area contributed by atoms with E-state index in [2.05, 4.69) is 29.0 Å². The molecule has 1 heterocycles. The zero-order chi connectivity index (χ0) is 14.0. The van der Waals surface area contributed by atoms with Crippen LogP contribution in [0.15, 0.2) is 12.1 Å². The average Bonchev–Trinajstić information content (AvgIpc) is 2.73. The van der Waals surface area contributed by atoms with Crippen molar-refractivity contribution in [2.24, 2.45) is 5.73 Å². The van der Waals surface area contributed by atoms with Gasteiger partial charge in [-0.05, 0) is 50.6 Å². The smallest absolute Gasteiger partial charge is 0.122 e. The molecule has 0 atom stereocenters. The first-order valence-corrected chi connectivity index (χ1v) is 6.48. The molecule has 1 aromatic carbocycles. The molecule has 19 heavy (non-hydrogen) atoms. The van der Waals surface area contributed by atoms with Crippen LogP contribution in [0.25, 0.3) is 11.3 Å². The molecule has 2 aromatic rings. The van der Waals surface area contributed by atoms with Crippen LogP contribution >= 0.6 is 0 Å². The lowest BCUT2D eigenvalue weighted by atomic mass is 10.00. The number of H-pyrrole nitrogens is 1. The lowest BCUT2D eigenvalue weighted by Crippen LogP contribution is -2.04. The standard InChI is InChI=1S/C15H21N3O/c1-9-8-14(19-4)10(2)7-12(9)15-13(5-6-16)17-11(3)18-15/h7-8H,5-6,16H2,1-4H3,(H,17,18). The highest BCUT2D eigenvalue weighted by atomic mass is 16.5. The van der Waals surface area contributed by atoms with E-state index in [9.17, 15) is 0 Å². The van der Waals surface area contributed by atoms with Crippen LogP contribution in [0.3, 0.4) is 0 Å². The van der Waals surface area contributed by atoms with Crippen LogP contribution in [0.1, 0.15) is 22.6 Å². The Balaban J connectivity index is 2.55. The van der Waals surface area contributed by atoms with E-state index in [4.69, 9.17) is 10.5 Å². The fraction of sp³-hybridized carbons (Fsp3) is 0.400. The molecule has 0 bridgehead atoms. The Kier molecular flexibility index (Phi) is 3.90. The number of hydrogen-bond donors (Lipinski definition) is 2. The molecule has 1 aromatic heterocycles. The van der Waals surface area contributed by atoms with Gasteiger partial charge in [-0.25, -0.2) is 4.98 Å². The summed E-state index contributed by atoms with van der Waals surface area (Å²) in [5.41, 5.74) is 11.2. The molecule has 0 fully saturated rings. The van der Waals surface area contributed by atoms with E-state index in [0.717, 1.165) is 46.1 Å². The highest BCUT2D eigenvalue weighted by molar-refractivity contribution is 5.68. The molecule has 0 aliphatic carbocycles. The third-order valence-electron chi connectivity index (χ3n) is 3.29. The maximum absolute atomic E-state index is 5.66. The van der Waals surface area contributed by atoms with Crippen LogP contribution in [-0.4, -0.2) is 23.6 Å². The van der Waals surface area contributed by atoms with E-state index < -0.39 is 0 Å². The number of aromatic amines is 1. The van der Waals surface area contributed by atoms with Crippen molar-refractivity contribution in [3.05, 3.63) is 34.8 Å². The van der Waals surface area contributed by atoms with E-state index in [1.54, 1.807) is 7.11 Å². The van der Waals surface area contributed by atoms with E-state index in [0.29, 0.717) is 6.54 Å². The molecular formula is C15H21N3O. The molecule has 0 unspecified atom stereocenters. The summed E-state index contributed by atoms with van der Waals surface area (Å²) in [5.74, 6) is 1.83. The first-order chi connectivity index (χ1) is 9.06. The lowest BCUT2D eigenvalue weighted by molar-refractivity contribution is 0.411. The number of aryl methyl sites for hydroxylation is 3. The van der Waals surface area contributed by atoms with Gasteiger partial charge in [0.2, 0.25) is 0 Å². The second kappa shape index (κ2) is 5.45. The second-order valence-corrected chi connectivity index (χ2v) is 4.82. The Bertz CT molecular complexity index is 587. The van der Waals surface area contributed by atoms with Crippen LogP contribution < -0.4 is 10.5 Å². The van der Waals surface area contributed by atoms with Crippen molar-refractivity contribution in [1.29, 1.82) is 0 Å². The summed E-state index contributed by atoms with van der Waals surface area (Å²) in [4.78, 5) is 7.90. The van der Waals surface area contributed by atoms with E-state index >= 15 is 0 Å². The van der Waals surface area contributed by atoms with Crippen molar-refractivity contribution in [3.8, 4) is 17.0 Å². The number of rotatable bonds is 4. The Morgan fingerprint density at radius 3 is 2.58 bits per heavy atom. The monoisotopic (exact) mass is 259 g/mol. The van der Waals surface area contributed by atoms with Gasteiger partial charge in [0.15, 0.2) is 0 Å². The average molecular weight is 259 g/mol. The molecule has 0 saturated heterocycles. The van der Waals surface area contributed by atoms with E-state index in [1.807, 2.05) is 13.8 Å². The highest BCUT2D eigenvalue weighted by Gasteiger charge is 2.14. The molecular weight excluding hydrogens is 238 g/mol. The zero-order valence-electron chi connectivity index (χ0n) is 12.0. The van der Waals surface area contributed by atoms with Gasteiger partial charge in [-0.1, -0.05) is 0 Å². The van der Waals surface area contributed by atoms with Crippen molar-refractivity contribution in [1.82, 2.24) is 9.97 Å². The van der Waals surface area contributed by atoms with Crippen LogP contribution in [-0.2, 0) is 6.42 Å². The predicted molar refractivity (Wildman–Crippen MR) is 77.5 cm³/mol. The van der Waals surface area contributed by atoms with Gasteiger partial charge in [-0.2, -0.15) is 0 Å². The summed E-state index contributed by atoms with van der Waals surface area (Å²) in [5, 5.41) is 0. The molecule has 0 amide bonds. The predicted octanol–water partition coefficient (Wildman–Crippen LogP) is 2.51. The summed E-state index contributed by atoms with van der Waals surface area (Å²) < 4.78 is 5.35. The van der Waals surface area contributed by atoms with Crippen molar-refractivity contribution in [2.75, 3.05) is 13.7 Å². The highest BCUT2D eigenvalue weighted by Crippen LogP contribution is 2.31. The van der Waals surface area contributed by atoms with Gasteiger partial charge in [-0.15, -0.1) is 0 Å². The largest absolute Gasteiger partial charge is 0.496 e. The number of nitrogens with one attached hydrogen (secondary N) is 1. The number of methoxy groups -OCH3 is 1. The van der Waals surface area contributed by atoms with Crippen molar-refractivity contribution in [3.63, 3.8) is 0 Å². The van der Waals surface area contributed by atoms with Crippen LogP contribution in [0.4, 0.5) is 0 Å². The molecule has 0 aliphatic heterocycles. The van der Waals surface area contributed by atoms with Gasteiger partial charge in [-0.3, -0.25) is 0 Å². The van der Waals surface area contributed by atoms with Crippen molar-refractivity contribution in [2.45, 2.75) is 27.2 Å². The molecule has 4 nitrogen and oxygen atoms in total. The zero-order valence-corrected chi connectivity index (χ0v) is 12.0. The number of benzene rings is 1. The quantitative estimate of drug-likeness (QED) is 0.886. The van der Waals surface area contributed by atoms with Gasteiger partial charge in [0.05, 0.1) is 12.8 Å². The SMILES string of the molecule is COc1cc(C)c(-c2nc(C)[nH]c2CCN)cc1C. The fourth-order valence-electron chi connectivity index (χ4n) is 2.35. The summed E-state index contributed by atoms with van der Waals surface area (Å²) >= 11 is 0. The molecule has 0 radical (unpaired) electrons. The number of aromatic nitrogens is 2. The van der Waals surface area contributed by atoms with Crippen molar-refractivity contribution < 1.29 is 4.74 Å². The molecule has 0 saturated carbocycles. The van der Waals surface area contributed by atoms with Gasteiger partial charge in [0, 0.05) is 17.7 Å². The number of nitrogens with two attached hydrogens (primary N) is 1. The Morgan fingerprint density at radius 2 is 1.95 bits per heavy atom. The minimum absolute atomic E-state index is 0.614. The third-order valence-corrected chi connectivity index (χ3v) is 3.29. The Morgan fingerprint density at radius 1 is 1.21 bits per heavy atom. The van der Waals surface area contributed by atoms with Gasteiger partial charge >= 0.3 is 0 Å². The minimum atomic E-state index is 0.614. The maximum atomic E-state index is 5.66. The van der Waals surface area contributed by atoms with Crippen molar-refractivity contribution >= 4 is 0 Å². The molecule has 0 aliphatic rings. The molecule has 4 heteroatoms. The Hall–Kier alpha value is -1.81. The van der Waals surface area contributed by atoms with E-state index in [-0.39, 0.29) is 0 Å². The fourth-order valence-corrected chi connectivity index (χ4v) is 2.35. The van der Waals surface area contributed by atoms with Gasteiger partial charge in [0.1, 0.15) is 11.6 Å². The summed E-state index contributed by atoms with van der Waals surface area (Å²) in [6.45, 7) is 6.70. The third kappa shape index (κ3) is 2.63. The summed E-state index contributed by atoms with van der Waals surface area (Å²) in [6.07, 6.45) is 0.806. The molecule has 2 rings (SSSR count). The number of nitrogens with zero attached hydrogens (tertiary/aromatic N) is 1. The first-order valence-electron chi connectivity index (χ1n) is 6.48. The molecule has 102 valence electrons. The lowest BCUT2D eigenvalue weighted by Gasteiger charge is -2.11. The number of ether oxygens (including phenoxy) is 1. The van der Waals surface area contributed by atoms with Crippen LogP contribution in [0.2, 0.25) is 0 Å². The summed E-state index contributed by atoms with van der Waals surface area (Å²) in [6, 6.07) is 4.19. The normalized spacial score (nSPS) is 10.8. The van der Waals surface area contributed by atoms with E-state index in [1.165, 1.54) is 0 Å². The topological polar surface area (TPSA) is 63.9 Å². The van der Waals surface area contributed by atoms with Crippen LogP contribution in [0, 0.1) is 20.8 Å². The van der Waals surface area contributed by atoms with Crippen LogP contribution in [0.5, 0.6) is 5.75 Å². The molecule has 3 N–H and O–H groups in total. The Labute approximate surface area is 114 Å². The van der Waals surface area contributed by atoms with Gasteiger partial charge < -0.3 is 15.5 Å². The molecule has 0 spiro atoms. The minimum Gasteiger partial charge on any atom is -0.496 e. The van der Waals surface area contributed by atoms with Gasteiger partial charge in [0.25, 0.3) is 0 Å². The number of hydrogen-bond acceptors (Lipinski definition) is 3. The number of imidazole rings is 1. The second-order valence-electron chi connectivity index (χ2n) is 4.82. The summed E-state index contributed by atoms with van der Waals surface area (Å²) in [7, 11) is 1.69. The maximum Gasteiger partial charge on any atom is 0.122 e.